The Morgan fingerprint density at radius 2 is 1.79 bits per heavy atom. The van der Waals surface area contributed by atoms with Crippen LogP contribution in [0.5, 0.6) is 11.5 Å². The van der Waals surface area contributed by atoms with E-state index in [-0.39, 0.29) is 12.6 Å². The summed E-state index contributed by atoms with van der Waals surface area (Å²) in [5.41, 5.74) is 3.05. The highest BCUT2D eigenvalue weighted by Gasteiger charge is 2.35. The maximum Gasteiger partial charge on any atom is 0.405 e. The number of rotatable bonds is 6. The molecule has 2 aromatic rings. The van der Waals surface area contributed by atoms with Crippen molar-refractivity contribution in [3.8, 4) is 11.5 Å². The minimum absolute atomic E-state index is 0.0522. The maximum absolute atomic E-state index is 12.4. The Hall–Kier alpha value is -2.74. The van der Waals surface area contributed by atoms with Crippen LogP contribution in [-0.2, 0) is 11.2 Å². The Balaban J connectivity index is 1.93. The smallest absolute Gasteiger partial charge is 0.405 e. The van der Waals surface area contributed by atoms with Crippen LogP contribution in [0.15, 0.2) is 42.5 Å². The van der Waals surface area contributed by atoms with Crippen LogP contribution in [-0.4, -0.2) is 45.9 Å². The van der Waals surface area contributed by atoms with Gasteiger partial charge in [-0.25, -0.2) is 0 Å². The van der Waals surface area contributed by atoms with Crippen molar-refractivity contribution in [1.82, 2.24) is 5.32 Å². The number of fused-ring (bicyclic) bond motifs is 1. The number of halogens is 3. The number of ether oxygens (including phenoxy) is 2. The molecule has 3 rings (SSSR count). The third-order valence-corrected chi connectivity index (χ3v) is 5.09. The molecule has 1 amide bonds. The van der Waals surface area contributed by atoms with E-state index >= 15 is 0 Å². The van der Waals surface area contributed by atoms with Gasteiger partial charge >= 0.3 is 6.18 Å². The average Bonchev–Trinajstić information content (AvgIpc) is 2.71. The Morgan fingerprint density at radius 1 is 1.14 bits per heavy atom. The summed E-state index contributed by atoms with van der Waals surface area (Å²) in [5, 5.41) is 1.98. The fourth-order valence-electron chi connectivity index (χ4n) is 3.80. The first-order valence-electron chi connectivity index (χ1n) is 9.30. The first kappa shape index (κ1) is 21.0. The summed E-state index contributed by atoms with van der Waals surface area (Å²) in [5.74, 6) is 0.585. The zero-order valence-corrected chi connectivity index (χ0v) is 16.3. The number of nitrogens with one attached hydrogen (secondary N) is 2. The summed E-state index contributed by atoms with van der Waals surface area (Å²) < 4.78 is 48.2. The molecule has 0 aliphatic carbocycles. The summed E-state index contributed by atoms with van der Waals surface area (Å²) in [6.45, 7) is -0.762. The van der Waals surface area contributed by atoms with E-state index in [0.29, 0.717) is 24.5 Å². The fourth-order valence-corrected chi connectivity index (χ4v) is 3.80. The molecule has 0 spiro atoms. The number of methoxy groups -OCH3 is 2. The van der Waals surface area contributed by atoms with Gasteiger partial charge < -0.3 is 19.7 Å². The normalized spacial score (nSPS) is 18.7. The van der Waals surface area contributed by atoms with Crippen LogP contribution in [0.3, 0.4) is 0 Å². The van der Waals surface area contributed by atoms with Gasteiger partial charge in [0.1, 0.15) is 12.6 Å². The molecule has 0 bridgehead atoms. The predicted molar refractivity (Wildman–Crippen MR) is 101 cm³/mol. The van der Waals surface area contributed by atoms with E-state index in [4.69, 9.17) is 9.47 Å². The predicted octanol–water partition coefficient (Wildman–Crippen LogP) is 1.91. The third-order valence-electron chi connectivity index (χ3n) is 5.09. The quantitative estimate of drug-likeness (QED) is 0.767. The van der Waals surface area contributed by atoms with E-state index in [1.807, 2.05) is 47.8 Å². The first-order chi connectivity index (χ1) is 13.8. The van der Waals surface area contributed by atoms with Crippen molar-refractivity contribution >= 4 is 5.91 Å². The van der Waals surface area contributed by atoms with E-state index < -0.39 is 18.6 Å². The third kappa shape index (κ3) is 5.00. The first-order valence-corrected chi connectivity index (χ1v) is 9.30. The zero-order chi connectivity index (χ0) is 21.0. The lowest BCUT2D eigenvalue weighted by Gasteiger charge is -2.34. The van der Waals surface area contributed by atoms with Gasteiger partial charge in [0.05, 0.1) is 20.8 Å². The lowest BCUT2D eigenvalue weighted by molar-refractivity contribution is -0.920. The van der Waals surface area contributed by atoms with E-state index in [0.717, 1.165) is 21.6 Å². The molecule has 0 aromatic heterocycles. The summed E-state index contributed by atoms with van der Waals surface area (Å²) in [6.07, 6.45) is -3.75. The number of hydrogen-bond donors (Lipinski definition) is 2. The Kier molecular flexibility index (Phi) is 6.32. The molecule has 1 heterocycles. The summed E-state index contributed by atoms with van der Waals surface area (Å²) in [7, 11) is 3.13. The van der Waals surface area contributed by atoms with Crippen molar-refractivity contribution in [2.45, 2.75) is 18.6 Å². The second-order valence-electron chi connectivity index (χ2n) is 6.98. The van der Waals surface area contributed by atoms with Gasteiger partial charge in [-0.15, -0.1) is 0 Å². The van der Waals surface area contributed by atoms with Crippen LogP contribution < -0.4 is 19.7 Å². The van der Waals surface area contributed by atoms with Crippen LogP contribution in [0.25, 0.3) is 0 Å². The van der Waals surface area contributed by atoms with Crippen LogP contribution in [0.2, 0.25) is 0 Å². The molecule has 0 fully saturated rings. The van der Waals surface area contributed by atoms with Gasteiger partial charge in [0.15, 0.2) is 18.0 Å². The Labute approximate surface area is 167 Å². The van der Waals surface area contributed by atoms with Gasteiger partial charge in [0.2, 0.25) is 0 Å². The van der Waals surface area contributed by atoms with Crippen molar-refractivity contribution in [3.63, 3.8) is 0 Å². The van der Waals surface area contributed by atoms with Crippen molar-refractivity contribution in [2.24, 2.45) is 0 Å². The second-order valence-corrected chi connectivity index (χ2v) is 6.98. The topological polar surface area (TPSA) is 52.0 Å². The number of benzene rings is 2. The van der Waals surface area contributed by atoms with Crippen molar-refractivity contribution < 1.29 is 32.3 Å². The van der Waals surface area contributed by atoms with Gasteiger partial charge in [-0.3, -0.25) is 4.79 Å². The molecule has 0 saturated carbocycles. The highest BCUT2D eigenvalue weighted by atomic mass is 19.4. The van der Waals surface area contributed by atoms with Gasteiger partial charge in [-0.2, -0.15) is 13.2 Å². The minimum atomic E-state index is -4.43. The van der Waals surface area contributed by atoms with Crippen LogP contribution >= 0.6 is 0 Å². The molecule has 2 atom stereocenters. The Bertz CT molecular complexity index is 856. The molecule has 0 saturated heterocycles. The van der Waals surface area contributed by atoms with E-state index in [1.165, 1.54) is 0 Å². The highest BCUT2D eigenvalue weighted by Crippen LogP contribution is 2.36. The standard InChI is InChI=1S/C21H23F3N2O3/c1-28-17-10-15-8-9-26(12-19(27)25-13-21(22,23)24)20(14-6-4-3-5-7-14)16(15)11-18(17)29-2/h3-7,10-11,20H,8-9,12-13H2,1-2H3,(H,25,27)/p+1/t20-/m1/s1. The van der Waals surface area contributed by atoms with E-state index in [1.54, 1.807) is 14.2 Å². The van der Waals surface area contributed by atoms with Gasteiger partial charge in [0, 0.05) is 17.5 Å². The molecule has 5 nitrogen and oxygen atoms in total. The monoisotopic (exact) mass is 409 g/mol. The number of carbonyl (C=O) groups excluding carboxylic acids is 1. The van der Waals surface area contributed by atoms with E-state index in [9.17, 15) is 18.0 Å². The average molecular weight is 409 g/mol. The molecule has 29 heavy (non-hydrogen) atoms. The Morgan fingerprint density at radius 3 is 2.41 bits per heavy atom. The lowest BCUT2D eigenvalue weighted by atomic mass is 9.87. The summed E-state index contributed by atoms with van der Waals surface area (Å²) in [4.78, 5) is 13.1. The minimum Gasteiger partial charge on any atom is -0.493 e. The number of quaternary nitrogens is 1. The van der Waals surface area contributed by atoms with Crippen LogP contribution in [0, 0.1) is 0 Å². The van der Waals surface area contributed by atoms with Crippen molar-refractivity contribution in [3.05, 3.63) is 59.2 Å². The molecule has 0 radical (unpaired) electrons. The summed E-state index contributed by atoms with van der Waals surface area (Å²) in [6, 6.07) is 13.3. The lowest BCUT2D eigenvalue weighted by Crippen LogP contribution is -3.14. The SMILES string of the molecule is COc1cc2c(cc1OC)[C@@H](c1ccccc1)[NH+](CC(=O)NCC(F)(F)F)CC2. The molecule has 8 heteroatoms. The maximum atomic E-state index is 12.4. The molecule has 156 valence electrons. The number of hydrogen-bond acceptors (Lipinski definition) is 3. The molecular formula is C21H24F3N2O3+. The van der Waals surface area contributed by atoms with E-state index in [2.05, 4.69) is 0 Å². The van der Waals surface area contributed by atoms with Crippen molar-refractivity contribution in [1.29, 1.82) is 0 Å². The zero-order valence-electron chi connectivity index (χ0n) is 16.3. The molecular weight excluding hydrogens is 385 g/mol. The molecule has 1 aliphatic rings. The number of carbonyl (C=O) groups is 1. The molecule has 1 aliphatic heterocycles. The molecule has 1 unspecified atom stereocenters. The van der Waals surface area contributed by atoms with Gasteiger partial charge in [-0.1, -0.05) is 30.3 Å². The molecule has 2 N–H and O–H groups in total. The van der Waals surface area contributed by atoms with Crippen LogP contribution in [0.4, 0.5) is 13.2 Å². The largest absolute Gasteiger partial charge is 0.493 e. The fraction of sp³-hybridized carbons (Fsp3) is 0.381. The molecule has 2 aromatic carbocycles. The van der Waals surface area contributed by atoms with Gasteiger partial charge in [-0.05, 0) is 17.7 Å². The van der Waals surface area contributed by atoms with Crippen molar-refractivity contribution in [2.75, 3.05) is 33.9 Å². The van der Waals surface area contributed by atoms with Crippen LogP contribution in [0.1, 0.15) is 22.7 Å². The summed E-state index contributed by atoms with van der Waals surface area (Å²) >= 11 is 0. The second kappa shape index (κ2) is 8.73. The number of amides is 1. The highest BCUT2D eigenvalue weighted by molar-refractivity contribution is 5.77. The number of alkyl halides is 3. The van der Waals surface area contributed by atoms with Gasteiger partial charge in [0.25, 0.3) is 5.91 Å².